The molecule has 5 rings (SSSR count). The van der Waals surface area contributed by atoms with E-state index < -0.39 is 16.9 Å². The van der Waals surface area contributed by atoms with Gasteiger partial charge in [0.15, 0.2) is 5.60 Å². The van der Waals surface area contributed by atoms with E-state index in [-0.39, 0.29) is 36.8 Å². The summed E-state index contributed by atoms with van der Waals surface area (Å²) in [6.45, 7) is 3.79. The highest BCUT2D eigenvalue weighted by molar-refractivity contribution is 5.49. The predicted octanol–water partition coefficient (Wildman–Crippen LogP) is 4.97. The number of hydrogen-bond acceptors (Lipinski definition) is 8. The number of imidazole rings is 1. The molecular weight excluding hydrogens is 509 g/mol. The zero-order chi connectivity index (χ0) is 26.9. The van der Waals surface area contributed by atoms with E-state index in [1.54, 1.807) is 0 Å². The summed E-state index contributed by atoms with van der Waals surface area (Å²) >= 11 is 0. The van der Waals surface area contributed by atoms with Crippen LogP contribution >= 0.6 is 0 Å². The van der Waals surface area contributed by atoms with Crippen LogP contribution in [0.2, 0.25) is 0 Å². The molecule has 0 amide bonds. The molecule has 0 N–H and O–H groups in total. The van der Waals surface area contributed by atoms with Gasteiger partial charge in [0.1, 0.15) is 42.7 Å². The van der Waals surface area contributed by atoms with E-state index in [1.165, 1.54) is 35.0 Å². The Kier molecular flexibility index (Phi) is 6.67. The minimum absolute atomic E-state index is 0.0408. The lowest BCUT2D eigenvalue weighted by Crippen LogP contribution is -2.38. The van der Waals surface area contributed by atoms with Crippen molar-refractivity contribution in [3.8, 4) is 23.3 Å². The molecule has 1 fully saturated rings. The van der Waals surface area contributed by atoms with Gasteiger partial charge in [-0.15, -0.1) is 13.2 Å². The molecule has 3 heterocycles. The molecule has 2 aliphatic rings. The summed E-state index contributed by atoms with van der Waals surface area (Å²) < 4.78 is 59.9. The van der Waals surface area contributed by atoms with E-state index in [2.05, 4.69) is 14.6 Å². The second kappa shape index (κ2) is 9.95. The molecule has 13 heteroatoms. The molecule has 0 spiro atoms. The number of alkyl halides is 3. The first-order chi connectivity index (χ1) is 18.1. The van der Waals surface area contributed by atoms with Crippen molar-refractivity contribution < 1.29 is 37.0 Å². The molecule has 1 aromatic heterocycles. The van der Waals surface area contributed by atoms with Gasteiger partial charge in [-0.05, 0) is 60.4 Å². The summed E-state index contributed by atoms with van der Waals surface area (Å²) in [5.74, 6) is 0.745. The SMILES string of the molecule is C[C@@]1(COc2ccc(N3CCC(Oc4ccc(OC(F)(F)F)cc4)CC3)cc2)Cn2c([N+](=O)[O-])cnc2O1. The van der Waals surface area contributed by atoms with Gasteiger partial charge in [0.05, 0.1) is 0 Å². The van der Waals surface area contributed by atoms with Gasteiger partial charge >= 0.3 is 18.2 Å². The summed E-state index contributed by atoms with van der Waals surface area (Å²) in [4.78, 5) is 16.8. The van der Waals surface area contributed by atoms with Crippen LogP contribution in [0.3, 0.4) is 0 Å². The number of nitrogens with zero attached hydrogens (tertiary/aromatic N) is 4. The van der Waals surface area contributed by atoms with Crippen LogP contribution in [-0.4, -0.2) is 52.2 Å². The number of nitro groups is 1. The Morgan fingerprint density at radius 1 is 1.08 bits per heavy atom. The molecule has 10 nitrogen and oxygen atoms in total. The fourth-order valence-electron chi connectivity index (χ4n) is 4.52. The predicted molar refractivity (Wildman–Crippen MR) is 129 cm³/mol. The Morgan fingerprint density at radius 3 is 2.34 bits per heavy atom. The van der Waals surface area contributed by atoms with Crippen molar-refractivity contribution in [3.05, 3.63) is 64.8 Å². The van der Waals surface area contributed by atoms with E-state index in [9.17, 15) is 23.3 Å². The highest BCUT2D eigenvalue weighted by Crippen LogP contribution is 2.34. The smallest absolute Gasteiger partial charge is 0.490 e. The Balaban J connectivity index is 1.08. The second-order valence-electron chi connectivity index (χ2n) is 9.40. The molecule has 38 heavy (non-hydrogen) atoms. The summed E-state index contributed by atoms with van der Waals surface area (Å²) in [6.07, 6.45) is -2.07. The van der Waals surface area contributed by atoms with Gasteiger partial charge in [-0.2, -0.15) is 9.55 Å². The van der Waals surface area contributed by atoms with Gasteiger partial charge in [-0.1, -0.05) is 0 Å². The Bertz CT molecular complexity index is 1270. The van der Waals surface area contributed by atoms with Gasteiger partial charge in [-0.3, -0.25) is 0 Å². The summed E-state index contributed by atoms with van der Waals surface area (Å²) in [7, 11) is 0. The third kappa shape index (κ3) is 5.87. The first-order valence-corrected chi connectivity index (χ1v) is 12.0. The number of hydrogen-bond donors (Lipinski definition) is 0. The van der Waals surface area contributed by atoms with Crippen LogP contribution in [0.1, 0.15) is 19.8 Å². The van der Waals surface area contributed by atoms with Gasteiger partial charge in [0, 0.05) is 31.6 Å². The van der Waals surface area contributed by atoms with Crippen LogP contribution in [0.15, 0.2) is 54.7 Å². The molecule has 0 radical (unpaired) electrons. The minimum Gasteiger partial charge on any atom is -0.490 e. The van der Waals surface area contributed by atoms with Gasteiger partial charge in [0.2, 0.25) is 0 Å². The zero-order valence-electron chi connectivity index (χ0n) is 20.4. The Morgan fingerprint density at radius 2 is 1.71 bits per heavy atom. The molecule has 0 unspecified atom stereocenters. The Hall–Kier alpha value is -4.16. The monoisotopic (exact) mass is 534 g/mol. The van der Waals surface area contributed by atoms with Crippen LogP contribution in [0.25, 0.3) is 0 Å². The van der Waals surface area contributed by atoms with Gasteiger partial charge in [-0.25, -0.2) is 0 Å². The molecule has 0 aliphatic carbocycles. The highest BCUT2D eigenvalue weighted by atomic mass is 19.4. The van der Waals surface area contributed by atoms with E-state index in [1.807, 2.05) is 31.2 Å². The van der Waals surface area contributed by atoms with E-state index in [0.717, 1.165) is 31.6 Å². The number of ether oxygens (including phenoxy) is 4. The molecule has 2 aliphatic heterocycles. The van der Waals surface area contributed by atoms with Gasteiger partial charge in [0.25, 0.3) is 0 Å². The van der Waals surface area contributed by atoms with Crippen LogP contribution in [-0.2, 0) is 6.54 Å². The topological polar surface area (TPSA) is 101 Å². The Labute approximate surface area is 215 Å². The number of benzene rings is 2. The maximum absolute atomic E-state index is 12.3. The molecular formula is C25H25F3N4O6. The highest BCUT2D eigenvalue weighted by Gasteiger charge is 2.43. The van der Waals surface area contributed by atoms with Gasteiger partial charge < -0.3 is 34.0 Å². The second-order valence-corrected chi connectivity index (χ2v) is 9.40. The lowest BCUT2D eigenvalue weighted by atomic mass is 10.1. The minimum atomic E-state index is -4.72. The van der Waals surface area contributed by atoms with E-state index >= 15 is 0 Å². The first-order valence-electron chi connectivity index (χ1n) is 12.0. The molecule has 0 bridgehead atoms. The maximum Gasteiger partial charge on any atom is 0.573 e. The van der Waals surface area contributed by atoms with E-state index in [0.29, 0.717) is 11.5 Å². The lowest BCUT2D eigenvalue weighted by molar-refractivity contribution is -0.392. The van der Waals surface area contributed by atoms with Crippen molar-refractivity contribution in [1.82, 2.24) is 9.55 Å². The average Bonchev–Trinajstić information content (AvgIpc) is 3.41. The quantitative estimate of drug-likeness (QED) is 0.295. The van der Waals surface area contributed by atoms with Crippen molar-refractivity contribution >= 4 is 11.5 Å². The third-order valence-electron chi connectivity index (χ3n) is 6.36. The van der Waals surface area contributed by atoms with Crippen LogP contribution < -0.4 is 23.8 Å². The van der Waals surface area contributed by atoms with Crippen molar-refractivity contribution in [2.45, 2.75) is 44.4 Å². The largest absolute Gasteiger partial charge is 0.573 e. The normalized spacial score (nSPS) is 19.5. The van der Waals surface area contributed by atoms with E-state index in [4.69, 9.17) is 14.2 Å². The molecule has 2 aromatic carbocycles. The standard InChI is InChI=1S/C25H25F3N4O6/c1-24(15-31-22(32(33)34)14-29-23(31)38-24)16-35-18-4-2-17(3-5-18)30-12-10-20(11-13-30)36-19-6-8-21(9-7-19)37-25(26,27)28/h2-9,14,20H,10-13,15-16H2,1H3/t24-/m0/s1. The lowest BCUT2D eigenvalue weighted by Gasteiger charge is -2.33. The number of piperidine rings is 1. The van der Waals surface area contributed by atoms with Crippen LogP contribution in [0, 0.1) is 10.1 Å². The number of fused-ring (bicyclic) bond motifs is 1. The van der Waals surface area contributed by atoms with Crippen LogP contribution in [0.4, 0.5) is 24.7 Å². The fraction of sp³-hybridized carbons (Fsp3) is 0.400. The third-order valence-corrected chi connectivity index (χ3v) is 6.36. The number of halogens is 3. The van der Waals surface area contributed by atoms with Crippen molar-refractivity contribution in [2.24, 2.45) is 0 Å². The molecule has 202 valence electrons. The fourth-order valence-corrected chi connectivity index (χ4v) is 4.52. The number of rotatable bonds is 8. The number of aromatic nitrogens is 2. The maximum atomic E-state index is 12.3. The molecule has 1 atom stereocenters. The summed E-state index contributed by atoms with van der Waals surface area (Å²) in [6, 6.07) is 13.3. The first kappa shape index (κ1) is 25.5. The number of anilines is 1. The summed E-state index contributed by atoms with van der Waals surface area (Å²) in [5, 5.41) is 11.1. The molecule has 0 saturated carbocycles. The zero-order valence-corrected chi connectivity index (χ0v) is 20.4. The van der Waals surface area contributed by atoms with Crippen molar-refractivity contribution in [1.29, 1.82) is 0 Å². The van der Waals surface area contributed by atoms with Crippen molar-refractivity contribution in [2.75, 3.05) is 24.6 Å². The van der Waals surface area contributed by atoms with Crippen molar-refractivity contribution in [3.63, 3.8) is 0 Å². The summed E-state index contributed by atoms with van der Waals surface area (Å²) in [5.41, 5.74) is 0.254. The van der Waals surface area contributed by atoms with Crippen LogP contribution in [0.5, 0.6) is 23.3 Å². The molecule has 1 saturated heterocycles. The molecule has 3 aromatic rings. The average molecular weight is 534 g/mol.